The van der Waals surface area contributed by atoms with Gasteiger partial charge in [-0.25, -0.2) is 4.98 Å². The van der Waals surface area contributed by atoms with Gasteiger partial charge < -0.3 is 14.8 Å². The van der Waals surface area contributed by atoms with E-state index in [2.05, 4.69) is 128 Å². The Morgan fingerprint density at radius 2 is 1.23 bits per heavy atom. The van der Waals surface area contributed by atoms with Gasteiger partial charge in [0.05, 0.1) is 22.4 Å². The lowest BCUT2D eigenvalue weighted by molar-refractivity contribution is 0.410. The molecule has 0 fully saturated rings. The molecule has 5 nitrogen and oxygen atoms in total. The Kier molecular flexibility index (Phi) is 9.87. The number of hydrogen-bond acceptors (Lipinski definition) is 6. The summed E-state index contributed by atoms with van der Waals surface area (Å²) in [5.74, 6) is 3.18. The lowest BCUT2D eigenvalue weighted by atomic mass is 10.00. The predicted molar refractivity (Wildman–Crippen MR) is 191 cm³/mol. The van der Waals surface area contributed by atoms with E-state index in [1.807, 2.05) is 23.5 Å². The first-order valence-electron chi connectivity index (χ1n) is 15.4. The Balaban J connectivity index is 1.12. The van der Waals surface area contributed by atoms with Gasteiger partial charge in [0, 0.05) is 21.8 Å². The van der Waals surface area contributed by atoms with Crippen molar-refractivity contribution in [2.75, 3.05) is 52.8 Å². The number of benzene rings is 4. The molecule has 0 radical (unpaired) electrons. The largest absolute Gasteiger partial charge is 0.338 e. The second-order valence-electron chi connectivity index (χ2n) is 12.0. The van der Waals surface area contributed by atoms with E-state index in [1.54, 1.807) is 0 Å². The van der Waals surface area contributed by atoms with E-state index in [0.29, 0.717) is 0 Å². The molecule has 6 rings (SSSR count). The molecule has 44 heavy (non-hydrogen) atoms. The molecule has 226 valence electrons. The maximum atomic E-state index is 5.06. The number of aliphatic imine (C=N–C) groups is 1. The maximum Gasteiger partial charge on any atom is 0.138 e. The van der Waals surface area contributed by atoms with Crippen LogP contribution in [0.2, 0.25) is 0 Å². The summed E-state index contributed by atoms with van der Waals surface area (Å²) >= 11 is 3.84. The van der Waals surface area contributed by atoms with Crippen LogP contribution in [0.3, 0.4) is 0 Å². The quantitative estimate of drug-likeness (QED) is 0.106. The summed E-state index contributed by atoms with van der Waals surface area (Å²) in [5, 5.41) is 0. The molecule has 0 amide bonds. The van der Waals surface area contributed by atoms with Crippen molar-refractivity contribution in [3.8, 4) is 22.5 Å². The van der Waals surface area contributed by atoms with Gasteiger partial charge in [-0.05, 0) is 130 Å². The maximum absolute atomic E-state index is 5.06. The highest BCUT2D eigenvalue weighted by Crippen LogP contribution is 2.35. The molecule has 1 aromatic heterocycles. The van der Waals surface area contributed by atoms with Gasteiger partial charge in [0.1, 0.15) is 5.82 Å². The van der Waals surface area contributed by atoms with Crippen LogP contribution in [-0.4, -0.2) is 78.3 Å². The van der Waals surface area contributed by atoms with E-state index >= 15 is 0 Å². The van der Waals surface area contributed by atoms with Gasteiger partial charge in [0.15, 0.2) is 0 Å². The van der Waals surface area contributed by atoms with E-state index in [4.69, 9.17) is 9.98 Å². The average molecular weight is 620 g/mol. The summed E-state index contributed by atoms with van der Waals surface area (Å²) in [7, 11) is 8.51. The number of H-pyrrole nitrogens is 1. The lowest BCUT2D eigenvalue weighted by Gasteiger charge is -2.08. The summed E-state index contributed by atoms with van der Waals surface area (Å²) < 4.78 is 0. The van der Waals surface area contributed by atoms with Crippen molar-refractivity contribution in [2.45, 2.75) is 29.1 Å². The van der Waals surface area contributed by atoms with Gasteiger partial charge >= 0.3 is 0 Å². The van der Waals surface area contributed by atoms with Crippen molar-refractivity contribution >= 4 is 46.0 Å². The molecular weight excluding hydrogens is 579 g/mol. The minimum Gasteiger partial charge on any atom is -0.338 e. The lowest BCUT2D eigenvalue weighted by Crippen LogP contribution is -2.13. The number of nitrogens with one attached hydrogen (secondary N) is 1. The van der Waals surface area contributed by atoms with E-state index < -0.39 is 0 Å². The summed E-state index contributed by atoms with van der Waals surface area (Å²) in [6, 6.07) is 30.8. The molecule has 0 saturated heterocycles. The number of nitrogens with zero attached hydrogens (tertiary/aromatic N) is 4. The number of rotatable bonds is 13. The molecule has 1 aliphatic rings. The van der Waals surface area contributed by atoms with E-state index in [1.165, 1.54) is 44.9 Å². The molecular formula is C37H41N5S2. The van der Waals surface area contributed by atoms with Crippen LogP contribution in [0.5, 0.6) is 0 Å². The van der Waals surface area contributed by atoms with Crippen LogP contribution in [0.4, 0.5) is 5.69 Å². The first-order chi connectivity index (χ1) is 21.4. The van der Waals surface area contributed by atoms with Gasteiger partial charge in [-0.1, -0.05) is 42.5 Å². The Bertz CT molecular complexity index is 1740. The fourth-order valence-electron chi connectivity index (χ4n) is 5.45. The third kappa shape index (κ3) is 7.64. The zero-order valence-corrected chi connectivity index (χ0v) is 27.8. The van der Waals surface area contributed by atoms with E-state index in [0.717, 1.165) is 64.8 Å². The first kappa shape index (κ1) is 30.7. The predicted octanol–water partition coefficient (Wildman–Crippen LogP) is 8.66. The number of aromatic nitrogens is 2. The van der Waals surface area contributed by atoms with Gasteiger partial charge in [-0.2, -0.15) is 0 Å². The van der Waals surface area contributed by atoms with Crippen LogP contribution >= 0.6 is 23.5 Å². The van der Waals surface area contributed by atoms with Crippen molar-refractivity contribution in [2.24, 2.45) is 4.99 Å². The van der Waals surface area contributed by atoms with Crippen LogP contribution in [0.1, 0.15) is 24.0 Å². The second kappa shape index (κ2) is 14.2. The number of imidazole rings is 1. The van der Waals surface area contributed by atoms with Crippen molar-refractivity contribution < 1.29 is 0 Å². The number of thioether (sulfide) groups is 2. The van der Waals surface area contributed by atoms with Gasteiger partial charge in [0.2, 0.25) is 0 Å². The van der Waals surface area contributed by atoms with E-state index in [-0.39, 0.29) is 0 Å². The third-order valence-electron chi connectivity index (χ3n) is 7.87. The van der Waals surface area contributed by atoms with Gasteiger partial charge in [-0.3, -0.25) is 4.99 Å². The van der Waals surface area contributed by atoms with Crippen LogP contribution in [0, 0.1) is 0 Å². The molecule has 1 N–H and O–H groups in total. The molecule has 2 heterocycles. The molecule has 5 aromatic rings. The topological polar surface area (TPSA) is 47.5 Å². The monoisotopic (exact) mass is 619 g/mol. The second-order valence-corrected chi connectivity index (χ2v) is 14.3. The average Bonchev–Trinajstić information content (AvgIpc) is 3.66. The fraction of sp³-hybridized carbons (Fsp3) is 0.297. The SMILES string of the molecule is CN(C)CCCSc1ccc(C2=Nc3cc(-c4ccc5nc(-c6ccc(SCCCN(C)C)cc6)[nH]c5c4)ccc3C2)cc1. The normalized spacial score (nSPS) is 12.8. The van der Waals surface area contributed by atoms with Crippen molar-refractivity contribution in [1.82, 2.24) is 19.8 Å². The smallest absolute Gasteiger partial charge is 0.138 e. The molecule has 0 saturated carbocycles. The molecule has 0 spiro atoms. The fourth-order valence-corrected chi connectivity index (χ4v) is 7.12. The zero-order chi connectivity index (χ0) is 30.5. The Morgan fingerprint density at radius 1 is 0.659 bits per heavy atom. The molecule has 4 aromatic carbocycles. The van der Waals surface area contributed by atoms with Crippen molar-refractivity contribution in [3.05, 3.63) is 96.1 Å². The van der Waals surface area contributed by atoms with Crippen LogP contribution in [0.15, 0.2) is 99.7 Å². The molecule has 0 bridgehead atoms. The highest BCUT2D eigenvalue weighted by Gasteiger charge is 2.17. The number of hydrogen-bond donors (Lipinski definition) is 1. The van der Waals surface area contributed by atoms with Crippen molar-refractivity contribution in [3.63, 3.8) is 0 Å². The molecule has 0 unspecified atom stereocenters. The third-order valence-corrected chi connectivity index (χ3v) is 10.1. The van der Waals surface area contributed by atoms with Crippen LogP contribution < -0.4 is 0 Å². The summed E-state index contributed by atoms with van der Waals surface area (Å²) in [5.41, 5.74) is 10.2. The minimum atomic E-state index is 0.876. The Labute approximate surface area is 270 Å². The standard InChI is InChI=1S/C37H41N5S2/c1-41(2)19-5-21-43-31-14-9-26(10-15-31)34-25-30-8-7-28(23-35(30)38-34)29-13-18-33-36(24-29)40-37(39-33)27-11-16-32(17-12-27)44-22-6-20-42(3)4/h7-18,23-24H,5-6,19-22,25H2,1-4H3,(H,39,40). The van der Waals surface area contributed by atoms with Gasteiger partial charge in [-0.15, -0.1) is 23.5 Å². The minimum absolute atomic E-state index is 0.876. The Morgan fingerprint density at radius 3 is 1.86 bits per heavy atom. The molecule has 0 atom stereocenters. The molecule has 0 aliphatic carbocycles. The zero-order valence-electron chi connectivity index (χ0n) is 26.1. The van der Waals surface area contributed by atoms with Gasteiger partial charge in [0.25, 0.3) is 0 Å². The highest BCUT2D eigenvalue weighted by molar-refractivity contribution is 7.99. The number of aromatic amines is 1. The van der Waals surface area contributed by atoms with Crippen LogP contribution in [-0.2, 0) is 6.42 Å². The summed E-state index contributed by atoms with van der Waals surface area (Å²) in [6.07, 6.45) is 3.26. The van der Waals surface area contributed by atoms with Crippen LogP contribution in [0.25, 0.3) is 33.5 Å². The number of fused-ring (bicyclic) bond motifs is 2. The molecule has 7 heteroatoms. The van der Waals surface area contributed by atoms with Crippen molar-refractivity contribution in [1.29, 1.82) is 0 Å². The highest BCUT2D eigenvalue weighted by atomic mass is 32.2. The summed E-state index contributed by atoms with van der Waals surface area (Å²) in [6.45, 7) is 2.25. The Hall–Kier alpha value is -3.36. The van der Waals surface area contributed by atoms with E-state index in [9.17, 15) is 0 Å². The molecule has 1 aliphatic heterocycles. The first-order valence-corrected chi connectivity index (χ1v) is 17.3. The summed E-state index contributed by atoms with van der Waals surface area (Å²) in [4.78, 5) is 20.6.